The molecular weight excluding hydrogens is 264 g/mol. The van der Waals surface area contributed by atoms with Crippen LogP contribution in [0.2, 0.25) is 0 Å². The highest BCUT2D eigenvalue weighted by Gasteiger charge is 2.21. The Kier molecular flexibility index (Phi) is 4.32. The molecule has 4 heteroatoms. The van der Waals surface area contributed by atoms with Crippen molar-refractivity contribution in [3.05, 3.63) is 56.8 Å². The molecule has 1 unspecified atom stereocenters. The molecule has 0 amide bonds. The van der Waals surface area contributed by atoms with E-state index in [1.165, 1.54) is 0 Å². The van der Waals surface area contributed by atoms with E-state index in [9.17, 15) is 8.78 Å². The molecule has 0 radical (unpaired) electrons. The van der Waals surface area contributed by atoms with Crippen molar-refractivity contribution in [2.45, 2.75) is 26.8 Å². The Bertz CT molecular complexity index is 578. The minimum atomic E-state index is -0.756. The van der Waals surface area contributed by atoms with E-state index in [0.717, 1.165) is 9.75 Å². The zero-order chi connectivity index (χ0) is 14.0. The van der Waals surface area contributed by atoms with Crippen molar-refractivity contribution < 1.29 is 8.78 Å². The maximum atomic E-state index is 14.1. The molecule has 0 saturated carbocycles. The molecule has 2 rings (SSSR count). The quantitative estimate of drug-likeness (QED) is 0.879. The van der Waals surface area contributed by atoms with E-state index in [1.54, 1.807) is 30.4 Å². The molecule has 0 saturated heterocycles. The van der Waals surface area contributed by atoms with Crippen molar-refractivity contribution in [2.75, 3.05) is 6.54 Å². The fourth-order valence-corrected chi connectivity index (χ4v) is 3.03. The summed E-state index contributed by atoms with van der Waals surface area (Å²) in [7, 11) is 0. The van der Waals surface area contributed by atoms with Crippen LogP contribution >= 0.6 is 11.3 Å². The van der Waals surface area contributed by atoms with E-state index in [1.807, 2.05) is 26.0 Å². The Morgan fingerprint density at radius 3 is 2.42 bits per heavy atom. The summed E-state index contributed by atoms with van der Waals surface area (Å²) in [5, 5.41) is 3.22. The van der Waals surface area contributed by atoms with Gasteiger partial charge in [-0.2, -0.15) is 0 Å². The number of hydrogen-bond acceptors (Lipinski definition) is 2. The molecule has 1 heterocycles. The summed E-state index contributed by atoms with van der Waals surface area (Å²) in [5.74, 6) is -1.51. The predicted molar refractivity (Wildman–Crippen MR) is 75.7 cm³/mol. The van der Waals surface area contributed by atoms with Crippen molar-refractivity contribution in [3.63, 3.8) is 0 Å². The Morgan fingerprint density at radius 1 is 1.11 bits per heavy atom. The monoisotopic (exact) mass is 281 g/mol. The Morgan fingerprint density at radius 2 is 1.84 bits per heavy atom. The van der Waals surface area contributed by atoms with Crippen LogP contribution in [0.1, 0.15) is 33.8 Å². The lowest BCUT2D eigenvalue weighted by atomic mass is 10.0. The van der Waals surface area contributed by atoms with Crippen molar-refractivity contribution in [1.29, 1.82) is 0 Å². The van der Waals surface area contributed by atoms with Crippen LogP contribution in [0, 0.1) is 25.5 Å². The minimum absolute atomic E-state index is 0.293. The third-order valence-corrected chi connectivity index (χ3v) is 4.14. The predicted octanol–water partition coefficient (Wildman–Crippen LogP) is 4.34. The van der Waals surface area contributed by atoms with Gasteiger partial charge in [-0.15, -0.1) is 11.3 Å². The molecule has 0 aliphatic rings. The summed E-state index contributed by atoms with van der Waals surface area (Å²) < 4.78 is 27.8. The van der Waals surface area contributed by atoms with Gasteiger partial charge in [-0.1, -0.05) is 19.1 Å². The fraction of sp³-hybridized carbons (Fsp3) is 0.333. The van der Waals surface area contributed by atoms with Crippen molar-refractivity contribution >= 4 is 11.3 Å². The molecule has 0 aliphatic carbocycles. The largest absolute Gasteiger partial charge is 0.306 e. The lowest BCUT2D eigenvalue weighted by molar-refractivity contribution is 0.480. The van der Waals surface area contributed by atoms with Crippen molar-refractivity contribution in [2.24, 2.45) is 0 Å². The third kappa shape index (κ3) is 2.85. The first-order valence-electron chi connectivity index (χ1n) is 6.28. The van der Waals surface area contributed by atoms with Crippen LogP contribution in [0.25, 0.3) is 0 Å². The first-order chi connectivity index (χ1) is 9.04. The second kappa shape index (κ2) is 5.80. The van der Waals surface area contributed by atoms with Gasteiger partial charge in [0.15, 0.2) is 11.6 Å². The Labute approximate surface area is 116 Å². The summed E-state index contributed by atoms with van der Waals surface area (Å²) in [5.41, 5.74) is 0.700. The molecule has 0 aliphatic heterocycles. The van der Waals surface area contributed by atoms with Crippen LogP contribution < -0.4 is 5.32 Å². The van der Waals surface area contributed by atoms with E-state index < -0.39 is 11.6 Å². The number of benzene rings is 1. The molecule has 1 atom stereocenters. The highest BCUT2D eigenvalue weighted by atomic mass is 32.1. The lowest BCUT2D eigenvalue weighted by Crippen LogP contribution is -2.22. The number of rotatable bonds is 4. The SMILES string of the molecule is CCNC(c1ccc(C)s1)c1ccc(C)c(F)c1F. The smallest absolute Gasteiger partial charge is 0.164 e. The van der Waals surface area contributed by atoms with Gasteiger partial charge in [0.25, 0.3) is 0 Å². The maximum Gasteiger partial charge on any atom is 0.164 e. The van der Waals surface area contributed by atoms with E-state index in [0.29, 0.717) is 17.7 Å². The van der Waals surface area contributed by atoms with E-state index in [-0.39, 0.29) is 6.04 Å². The van der Waals surface area contributed by atoms with Crippen LogP contribution in [0.4, 0.5) is 8.78 Å². The second-order valence-electron chi connectivity index (χ2n) is 4.54. The summed E-state index contributed by atoms with van der Waals surface area (Å²) in [6.45, 7) is 6.22. The molecule has 2 aromatic rings. The molecule has 1 N–H and O–H groups in total. The molecule has 1 aromatic heterocycles. The highest BCUT2D eigenvalue weighted by molar-refractivity contribution is 7.12. The minimum Gasteiger partial charge on any atom is -0.306 e. The highest BCUT2D eigenvalue weighted by Crippen LogP contribution is 2.31. The molecule has 0 spiro atoms. The average molecular weight is 281 g/mol. The Balaban J connectivity index is 2.48. The number of thiophene rings is 1. The number of nitrogens with one attached hydrogen (secondary N) is 1. The topological polar surface area (TPSA) is 12.0 Å². The van der Waals surface area contributed by atoms with E-state index in [2.05, 4.69) is 5.32 Å². The molecule has 1 nitrogen and oxygen atoms in total. The van der Waals surface area contributed by atoms with Crippen molar-refractivity contribution in [1.82, 2.24) is 5.32 Å². The van der Waals surface area contributed by atoms with Crippen molar-refractivity contribution in [3.8, 4) is 0 Å². The molecule has 19 heavy (non-hydrogen) atoms. The van der Waals surface area contributed by atoms with Gasteiger partial charge < -0.3 is 5.32 Å². The van der Waals surface area contributed by atoms with Crippen LogP contribution in [0.15, 0.2) is 24.3 Å². The Hall–Kier alpha value is -1.26. The van der Waals surface area contributed by atoms with Crippen LogP contribution in [0.5, 0.6) is 0 Å². The normalized spacial score (nSPS) is 12.7. The van der Waals surface area contributed by atoms with Gasteiger partial charge in [0.05, 0.1) is 6.04 Å². The van der Waals surface area contributed by atoms with Crippen LogP contribution in [-0.4, -0.2) is 6.54 Å². The van der Waals surface area contributed by atoms with Gasteiger partial charge >= 0.3 is 0 Å². The standard InChI is InChI=1S/C15H17F2NS/c1-4-18-15(12-8-6-10(3)19-12)11-7-5-9(2)13(16)14(11)17/h5-8,15,18H,4H2,1-3H3. The van der Waals surface area contributed by atoms with Gasteiger partial charge in [0.2, 0.25) is 0 Å². The molecule has 1 aromatic carbocycles. The molecule has 0 fully saturated rings. The maximum absolute atomic E-state index is 14.1. The van der Waals surface area contributed by atoms with Gasteiger partial charge in [-0.3, -0.25) is 0 Å². The first kappa shape index (κ1) is 14.2. The van der Waals surface area contributed by atoms with Crippen LogP contribution in [-0.2, 0) is 0 Å². The summed E-state index contributed by atoms with van der Waals surface area (Å²) >= 11 is 1.60. The van der Waals surface area contributed by atoms with E-state index in [4.69, 9.17) is 0 Å². The number of hydrogen-bond donors (Lipinski definition) is 1. The zero-order valence-corrected chi connectivity index (χ0v) is 12.1. The summed E-state index contributed by atoms with van der Waals surface area (Å²) in [4.78, 5) is 2.16. The van der Waals surface area contributed by atoms with Gasteiger partial charge in [0.1, 0.15) is 0 Å². The summed E-state index contributed by atoms with van der Waals surface area (Å²) in [6, 6.07) is 6.95. The van der Waals surface area contributed by atoms with Gasteiger partial charge in [-0.25, -0.2) is 8.78 Å². The molecular formula is C15H17F2NS. The first-order valence-corrected chi connectivity index (χ1v) is 7.10. The second-order valence-corrected chi connectivity index (χ2v) is 5.86. The lowest BCUT2D eigenvalue weighted by Gasteiger charge is -2.18. The zero-order valence-electron chi connectivity index (χ0n) is 11.3. The van der Waals surface area contributed by atoms with E-state index >= 15 is 0 Å². The van der Waals surface area contributed by atoms with Gasteiger partial charge in [0, 0.05) is 15.3 Å². The average Bonchev–Trinajstić information content (AvgIpc) is 2.81. The summed E-state index contributed by atoms with van der Waals surface area (Å²) in [6.07, 6.45) is 0. The molecule has 0 bridgehead atoms. The third-order valence-electron chi connectivity index (χ3n) is 3.07. The molecule has 102 valence electrons. The van der Waals surface area contributed by atoms with Gasteiger partial charge in [-0.05, 0) is 38.1 Å². The fourth-order valence-electron chi connectivity index (χ4n) is 2.06. The van der Waals surface area contributed by atoms with Crippen LogP contribution in [0.3, 0.4) is 0 Å². The number of halogens is 2. The number of aryl methyl sites for hydroxylation is 2.